The summed E-state index contributed by atoms with van der Waals surface area (Å²) in [5.74, 6) is -0.110. The number of carbonyl (C=O) groups is 1. The fourth-order valence-corrected chi connectivity index (χ4v) is 1.06. The lowest BCUT2D eigenvalue weighted by molar-refractivity contribution is -0.142. The van der Waals surface area contributed by atoms with E-state index < -0.39 is 0 Å². The Morgan fingerprint density at radius 3 is 2.50 bits per heavy atom. The molecule has 0 aliphatic rings. The molecule has 0 aliphatic heterocycles. The van der Waals surface area contributed by atoms with E-state index >= 15 is 0 Å². The number of hydrogen-bond acceptors (Lipinski definition) is 2. The number of rotatable bonds is 7. The Balaban J connectivity index is 3.03. The van der Waals surface area contributed by atoms with Crippen LogP contribution in [0.1, 0.15) is 45.4 Å². The number of ether oxygens (including phenoxy) is 1. The van der Waals surface area contributed by atoms with E-state index in [4.69, 9.17) is 4.74 Å². The smallest absolute Gasteiger partial charge is 0.305 e. The van der Waals surface area contributed by atoms with Gasteiger partial charge in [-0.1, -0.05) is 32.6 Å². The maximum Gasteiger partial charge on any atom is 0.305 e. The van der Waals surface area contributed by atoms with Gasteiger partial charge < -0.3 is 4.74 Å². The SMILES string of the molecule is [CH2]COC(=O)CCCCCCC. The van der Waals surface area contributed by atoms with Crippen molar-refractivity contribution in [1.82, 2.24) is 0 Å². The van der Waals surface area contributed by atoms with Crippen LogP contribution >= 0.6 is 0 Å². The van der Waals surface area contributed by atoms with E-state index in [1.165, 1.54) is 19.3 Å². The van der Waals surface area contributed by atoms with Crippen LogP contribution in [0.5, 0.6) is 0 Å². The van der Waals surface area contributed by atoms with Gasteiger partial charge >= 0.3 is 5.97 Å². The Bertz CT molecular complexity index is 110. The molecule has 2 nitrogen and oxygen atoms in total. The van der Waals surface area contributed by atoms with Crippen LogP contribution in [-0.2, 0) is 9.53 Å². The average molecular weight is 171 g/mol. The largest absolute Gasteiger partial charge is 0.466 e. The first-order valence-corrected chi connectivity index (χ1v) is 4.76. The number of esters is 1. The lowest BCUT2D eigenvalue weighted by Crippen LogP contribution is -2.03. The Labute approximate surface area is 75.3 Å². The minimum absolute atomic E-state index is 0.110. The second kappa shape index (κ2) is 8.57. The van der Waals surface area contributed by atoms with E-state index in [9.17, 15) is 4.79 Å². The Hall–Kier alpha value is -0.530. The third kappa shape index (κ3) is 7.58. The van der Waals surface area contributed by atoms with Crippen LogP contribution in [0.15, 0.2) is 0 Å². The third-order valence-corrected chi connectivity index (χ3v) is 1.75. The normalized spacial score (nSPS) is 9.83. The van der Waals surface area contributed by atoms with Gasteiger partial charge in [-0.15, -0.1) is 0 Å². The lowest BCUT2D eigenvalue weighted by Gasteiger charge is -2.00. The molecule has 0 heterocycles. The summed E-state index contributed by atoms with van der Waals surface area (Å²) in [5.41, 5.74) is 0. The molecule has 0 N–H and O–H groups in total. The zero-order valence-corrected chi connectivity index (χ0v) is 7.97. The molecule has 0 atom stereocenters. The molecular formula is C10H19O2. The van der Waals surface area contributed by atoms with Crippen LogP contribution in [0.2, 0.25) is 0 Å². The average Bonchev–Trinajstić information content (AvgIpc) is 2.05. The quantitative estimate of drug-likeness (QED) is 0.435. The molecule has 0 aromatic carbocycles. The fourth-order valence-electron chi connectivity index (χ4n) is 1.06. The highest BCUT2D eigenvalue weighted by Crippen LogP contribution is 2.05. The Morgan fingerprint density at radius 2 is 1.92 bits per heavy atom. The second-order valence-corrected chi connectivity index (χ2v) is 2.88. The van der Waals surface area contributed by atoms with E-state index in [0.29, 0.717) is 6.42 Å². The van der Waals surface area contributed by atoms with E-state index in [-0.39, 0.29) is 12.6 Å². The standard InChI is InChI=1S/C10H19O2/c1-3-5-6-7-8-9-10(11)12-4-2/h2-9H2,1H3. The van der Waals surface area contributed by atoms with Crippen molar-refractivity contribution in [3.8, 4) is 0 Å². The molecule has 0 saturated carbocycles. The van der Waals surface area contributed by atoms with Crippen molar-refractivity contribution in [2.75, 3.05) is 6.61 Å². The summed E-state index contributed by atoms with van der Waals surface area (Å²) in [6, 6.07) is 0. The van der Waals surface area contributed by atoms with E-state index in [1.807, 2.05) is 0 Å². The fraction of sp³-hybridized carbons (Fsp3) is 0.800. The van der Waals surface area contributed by atoms with Crippen molar-refractivity contribution >= 4 is 5.97 Å². The topological polar surface area (TPSA) is 26.3 Å². The molecule has 1 radical (unpaired) electrons. The van der Waals surface area contributed by atoms with Gasteiger partial charge in [0.15, 0.2) is 0 Å². The Morgan fingerprint density at radius 1 is 1.25 bits per heavy atom. The predicted octanol–water partition coefficient (Wildman–Crippen LogP) is 2.72. The zero-order chi connectivity index (χ0) is 9.23. The van der Waals surface area contributed by atoms with Crippen molar-refractivity contribution < 1.29 is 9.53 Å². The molecule has 0 aromatic heterocycles. The van der Waals surface area contributed by atoms with Crippen molar-refractivity contribution in [3.05, 3.63) is 6.92 Å². The van der Waals surface area contributed by atoms with Gasteiger partial charge in [-0.05, 0) is 13.3 Å². The molecule has 0 aromatic rings. The molecule has 0 aliphatic carbocycles. The summed E-state index contributed by atoms with van der Waals surface area (Å²) in [5, 5.41) is 0. The number of carbonyl (C=O) groups excluding carboxylic acids is 1. The van der Waals surface area contributed by atoms with Crippen LogP contribution in [0.4, 0.5) is 0 Å². The second-order valence-electron chi connectivity index (χ2n) is 2.88. The molecule has 0 amide bonds. The highest BCUT2D eigenvalue weighted by Gasteiger charge is 1.99. The van der Waals surface area contributed by atoms with Crippen LogP contribution in [0.25, 0.3) is 0 Å². The van der Waals surface area contributed by atoms with Gasteiger partial charge in [0.25, 0.3) is 0 Å². The van der Waals surface area contributed by atoms with Crippen LogP contribution < -0.4 is 0 Å². The monoisotopic (exact) mass is 171 g/mol. The minimum atomic E-state index is -0.110. The molecule has 0 rings (SSSR count). The zero-order valence-electron chi connectivity index (χ0n) is 7.97. The summed E-state index contributed by atoms with van der Waals surface area (Å²) in [6.07, 6.45) is 6.39. The van der Waals surface area contributed by atoms with Crippen LogP contribution in [0, 0.1) is 6.92 Å². The molecule has 0 spiro atoms. The summed E-state index contributed by atoms with van der Waals surface area (Å²) in [4.78, 5) is 10.8. The van der Waals surface area contributed by atoms with Crippen molar-refractivity contribution in [2.45, 2.75) is 45.4 Å². The predicted molar refractivity (Wildman–Crippen MR) is 49.7 cm³/mol. The summed E-state index contributed by atoms with van der Waals surface area (Å²) in [7, 11) is 0. The molecule has 0 saturated heterocycles. The summed E-state index contributed by atoms with van der Waals surface area (Å²) < 4.78 is 4.70. The van der Waals surface area contributed by atoms with Gasteiger partial charge in [0.2, 0.25) is 0 Å². The molecular weight excluding hydrogens is 152 g/mol. The summed E-state index contributed by atoms with van der Waals surface area (Å²) in [6.45, 7) is 5.88. The van der Waals surface area contributed by atoms with E-state index in [0.717, 1.165) is 12.8 Å². The third-order valence-electron chi connectivity index (χ3n) is 1.75. The van der Waals surface area contributed by atoms with Crippen LogP contribution in [0.3, 0.4) is 0 Å². The first-order chi connectivity index (χ1) is 5.81. The first-order valence-electron chi connectivity index (χ1n) is 4.76. The van der Waals surface area contributed by atoms with Crippen molar-refractivity contribution in [2.24, 2.45) is 0 Å². The van der Waals surface area contributed by atoms with E-state index in [1.54, 1.807) is 0 Å². The number of hydrogen-bond donors (Lipinski definition) is 0. The molecule has 0 bridgehead atoms. The first kappa shape index (κ1) is 11.5. The maximum atomic E-state index is 10.8. The highest BCUT2D eigenvalue weighted by atomic mass is 16.5. The Kier molecular flexibility index (Phi) is 8.19. The van der Waals surface area contributed by atoms with Crippen molar-refractivity contribution in [3.63, 3.8) is 0 Å². The molecule has 12 heavy (non-hydrogen) atoms. The van der Waals surface area contributed by atoms with Crippen molar-refractivity contribution in [1.29, 1.82) is 0 Å². The molecule has 0 unspecified atom stereocenters. The molecule has 71 valence electrons. The van der Waals surface area contributed by atoms with Gasteiger partial charge in [-0.2, -0.15) is 0 Å². The molecule has 2 heteroatoms. The van der Waals surface area contributed by atoms with Crippen LogP contribution in [-0.4, -0.2) is 12.6 Å². The van der Waals surface area contributed by atoms with Gasteiger partial charge in [0.1, 0.15) is 0 Å². The number of unbranched alkanes of at least 4 members (excludes halogenated alkanes) is 4. The highest BCUT2D eigenvalue weighted by molar-refractivity contribution is 5.69. The van der Waals surface area contributed by atoms with Gasteiger partial charge in [0, 0.05) is 6.42 Å². The minimum Gasteiger partial charge on any atom is -0.466 e. The summed E-state index contributed by atoms with van der Waals surface area (Å²) >= 11 is 0. The van der Waals surface area contributed by atoms with E-state index in [2.05, 4.69) is 13.8 Å². The maximum absolute atomic E-state index is 10.8. The van der Waals surface area contributed by atoms with Gasteiger partial charge in [0.05, 0.1) is 6.61 Å². The molecule has 0 fully saturated rings. The van der Waals surface area contributed by atoms with Gasteiger partial charge in [-0.25, -0.2) is 0 Å². The lowest BCUT2D eigenvalue weighted by atomic mass is 10.1. The van der Waals surface area contributed by atoms with Gasteiger partial charge in [-0.3, -0.25) is 4.79 Å².